The average Bonchev–Trinajstić information content (AvgIpc) is 2.44. The fourth-order valence-corrected chi connectivity index (χ4v) is 2.18. The molecule has 0 heterocycles. The molecule has 1 atom stereocenters. The summed E-state index contributed by atoms with van der Waals surface area (Å²) in [5.74, 6) is -0.460. The van der Waals surface area contributed by atoms with Crippen LogP contribution in [-0.2, 0) is 11.2 Å². The molecule has 2 rings (SSSR count). The highest BCUT2D eigenvalue weighted by molar-refractivity contribution is 9.10. The molecule has 20 heavy (non-hydrogen) atoms. The number of carbonyl (C=O) groups is 1. The lowest BCUT2D eigenvalue weighted by Gasteiger charge is -2.11. The number of carbonyl (C=O) groups excluding carboxylic acids is 1. The summed E-state index contributed by atoms with van der Waals surface area (Å²) < 4.78 is 13.5. The maximum Gasteiger partial charge on any atom is 0.238 e. The maximum absolute atomic E-state index is 13.5. The van der Waals surface area contributed by atoms with Gasteiger partial charge in [-0.3, -0.25) is 4.79 Å². The molecule has 3 nitrogen and oxygen atoms in total. The van der Waals surface area contributed by atoms with Crippen LogP contribution in [0.2, 0.25) is 0 Å². The van der Waals surface area contributed by atoms with Crippen LogP contribution < -0.4 is 5.32 Å². The Labute approximate surface area is 124 Å². The van der Waals surface area contributed by atoms with Crippen molar-refractivity contribution in [3.8, 4) is 5.75 Å². The van der Waals surface area contributed by atoms with Gasteiger partial charge < -0.3 is 10.4 Å². The molecular formula is C15H13BrFNO2. The van der Waals surface area contributed by atoms with Crippen LogP contribution in [0.25, 0.3) is 0 Å². The quantitative estimate of drug-likeness (QED) is 0.662. The number of phenols is 1. The standard InChI is InChI=1S/C15H13BrFNO2/c16-13(9-10-3-1-2-4-14(10)17)15(20)18-11-5-7-12(19)8-6-11/h1-8,13,19H,9H2,(H,18,20). The molecule has 0 fully saturated rings. The average molecular weight is 338 g/mol. The van der Waals surface area contributed by atoms with E-state index in [1.54, 1.807) is 30.3 Å². The molecule has 2 aromatic carbocycles. The number of amides is 1. The molecule has 2 N–H and O–H groups in total. The molecule has 104 valence electrons. The Kier molecular flexibility index (Phi) is 4.74. The number of alkyl halides is 1. The summed E-state index contributed by atoms with van der Waals surface area (Å²) in [6.07, 6.45) is 0.261. The highest BCUT2D eigenvalue weighted by Gasteiger charge is 2.17. The van der Waals surface area contributed by atoms with Crippen molar-refractivity contribution in [1.82, 2.24) is 0 Å². The number of hydrogen-bond donors (Lipinski definition) is 2. The second kappa shape index (κ2) is 6.52. The highest BCUT2D eigenvalue weighted by Crippen LogP contribution is 2.17. The first kappa shape index (κ1) is 14.5. The monoisotopic (exact) mass is 337 g/mol. The zero-order valence-corrected chi connectivity index (χ0v) is 12.1. The van der Waals surface area contributed by atoms with Gasteiger partial charge >= 0.3 is 0 Å². The van der Waals surface area contributed by atoms with Crippen LogP contribution >= 0.6 is 15.9 Å². The number of nitrogens with one attached hydrogen (secondary N) is 1. The zero-order chi connectivity index (χ0) is 14.5. The second-order valence-electron chi connectivity index (χ2n) is 4.30. The van der Waals surface area contributed by atoms with Gasteiger partial charge in [-0.15, -0.1) is 0 Å². The van der Waals surface area contributed by atoms with E-state index in [1.807, 2.05) is 0 Å². The van der Waals surface area contributed by atoms with Crippen LogP contribution in [0.5, 0.6) is 5.75 Å². The van der Waals surface area contributed by atoms with Crippen molar-refractivity contribution in [3.63, 3.8) is 0 Å². The van der Waals surface area contributed by atoms with E-state index in [2.05, 4.69) is 21.2 Å². The molecule has 2 aromatic rings. The van der Waals surface area contributed by atoms with Gasteiger partial charge in [-0.2, -0.15) is 0 Å². The predicted octanol–water partition coefficient (Wildman–Crippen LogP) is 3.48. The number of halogens is 2. The predicted molar refractivity (Wildman–Crippen MR) is 79.6 cm³/mol. The minimum absolute atomic E-state index is 0.129. The van der Waals surface area contributed by atoms with E-state index in [0.29, 0.717) is 11.3 Å². The lowest BCUT2D eigenvalue weighted by atomic mass is 10.1. The van der Waals surface area contributed by atoms with Crippen molar-refractivity contribution in [2.24, 2.45) is 0 Å². The third-order valence-electron chi connectivity index (χ3n) is 2.78. The van der Waals surface area contributed by atoms with Crippen molar-refractivity contribution >= 4 is 27.5 Å². The van der Waals surface area contributed by atoms with E-state index in [0.717, 1.165) is 0 Å². The van der Waals surface area contributed by atoms with Crippen LogP contribution in [0.15, 0.2) is 48.5 Å². The van der Waals surface area contributed by atoms with Gasteiger partial charge in [-0.05, 0) is 42.3 Å². The number of rotatable bonds is 4. The van der Waals surface area contributed by atoms with Crippen LogP contribution in [0.1, 0.15) is 5.56 Å². The first-order valence-corrected chi connectivity index (χ1v) is 6.95. The van der Waals surface area contributed by atoms with E-state index >= 15 is 0 Å². The van der Waals surface area contributed by atoms with Crippen molar-refractivity contribution in [1.29, 1.82) is 0 Å². The Hall–Kier alpha value is -1.88. The van der Waals surface area contributed by atoms with E-state index in [-0.39, 0.29) is 23.9 Å². The fourth-order valence-electron chi connectivity index (χ4n) is 1.72. The Morgan fingerprint density at radius 3 is 2.50 bits per heavy atom. The van der Waals surface area contributed by atoms with Gasteiger partial charge in [-0.1, -0.05) is 34.1 Å². The smallest absolute Gasteiger partial charge is 0.238 e. The van der Waals surface area contributed by atoms with E-state index < -0.39 is 4.83 Å². The lowest BCUT2D eigenvalue weighted by Crippen LogP contribution is -2.25. The van der Waals surface area contributed by atoms with Gasteiger partial charge in [0.1, 0.15) is 11.6 Å². The molecule has 0 radical (unpaired) electrons. The number of anilines is 1. The van der Waals surface area contributed by atoms with Crippen molar-refractivity contribution in [2.45, 2.75) is 11.2 Å². The maximum atomic E-state index is 13.5. The molecule has 1 amide bonds. The molecule has 0 spiro atoms. The molecular weight excluding hydrogens is 325 g/mol. The van der Waals surface area contributed by atoms with Crippen LogP contribution in [0.4, 0.5) is 10.1 Å². The summed E-state index contributed by atoms with van der Waals surface area (Å²) in [5, 5.41) is 11.9. The summed E-state index contributed by atoms with van der Waals surface area (Å²) in [5.41, 5.74) is 1.06. The number of phenolic OH excluding ortho intramolecular Hbond substituents is 1. The Bertz CT molecular complexity index is 601. The van der Waals surface area contributed by atoms with E-state index in [4.69, 9.17) is 5.11 Å². The van der Waals surface area contributed by atoms with Gasteiger partial charge in [0.05, 0.1) is 4.83 Å². The Morgan fingerprint density at radius 1 is 1.20 bits per heavy atom. The van der Waals surface area contributed by atoms with Gasteiger partial charge in [0, 0.05) is 5.69 Å². The van der Waals surface area contributed by atoms with Crippen LogP contribution in [0.3, 0.4) is 0 Å². The Balaban J connectivity index is 1.99. The Morgan fingerprint density at radius 2 is 1.85 bits per heavy atom. The van der Waals surface area contributed by atoms with Gasteiger partial charge in [0.2, 0.25) is 5.91 Å². The first-order chi connectivity index (χ1) is 9.56. The SMILES string of the molecule is O=C(Nc1ccc(O)cc1)C(Br)Cc1ccccc1F. The van der Waals surface area contributed by atoms with Gasteiger partial charge in [0.25, 0.3) is 0 Å². The molecule has 0 aliphatic heterocycles. The van der Waals surface area contributed by atoms with Crippen LogP contribution in [0, 0.1) is 5.82 Å². The third-order valence-corrected chi connectivity index (χ3v) is 3.52. The van der Waals surface area contributed by atoms with Crippen molar-refractivity contribution < 1.29 is 14.3 Å². The van der Waals surface area contributed by atoms with Crippen LogP contribution in [-0.4, -0.2) is 15.8 Å². The normalized spacial score (nSPS) is 11.9. The minimum Gasteiger partial charge on any atom is -0.508 e. The molecule has 0 aliphatic rings. The summed E-state index contributed by atoms with van der Waals surface area (Å²) in [4.78, 5) is 11.4. The van der Waals surface area contributed by atoms with Crippen molar-refractivity contribution in [3.05, 3.63) is 59.9 Å². The number of hydrogen-bond acceptors (Lipinski definition) is 2. The number of benzene rings is 2. The topological polar surface area (TPSA) is 49.3 Å². The van der Waals surface area contributed by atoms with E-state index in [1.165, 1.54) is 18.2 Å². The van der Waals surface area contributed by atoms with Gasteiger partial charge in [-0.25, -0.2) is 4.39 Å². The second-order valence-corrected chi connectivity index (χ2v) is 5.40. The fraction of sp³-hybridized carbons (Fsp3) is 0.133. The molecule has 0 aliphatic carbocycles. The van der Waals surface area contributed by atoms with Gasteiger partial charge in [0.15, 0.2) is 0 Å². The zero-order valence-electron chi connectivity index (χ0n) is 10.5. The summed E-state index contributed by atoms with van der Waals surface area (Å²) in [6.45, 7) is 0. The molecule has 0 bridgehead atoms. The molecule has 0 aromatic heterocycles. The largest absolute Gasteiger partial charge is 0.508 e. The molecule has 0 saturated heterocycles. The molecule has 5 heteroatoms. The van der Waals surface area contributed by atoms with E-state index in [9.17, 15) is 9.18 Å². The minimum atomic E-state index is -0.534. The lowest BCUT2D eigenvalue weighted by molar-refractivity contribution is -0.115. The third kappa shape index (κ3) is 3.81. The highest BCUT2D eigenvalue weighted by atomic mass is 79.9. The first-order valence-electron chi connectivity index (χ1n) is 6.03. The molecule has 0 saturated carbocycles. The molecule has 1 unspecified atom stereocenters. The summed E-state index contributed by atoms with van der Waals surface area (Å²) in [7, 11) is 0. The number of aromatic hydroxyl groups is 1. The summed E-state index contributed by atoms with van der Waals surface area (Å²) in [6, 6.07) is 12.5. The van der Waals surface area contributed by atoms with Crippen molar-refractivity contribution in [2.75, 3.05) is 5.32 Å². The summed E-state index contributed by atoms with van der Waals surface area (Å²) >= 11 is 3.26.